The van der Waals surface area contributed by atoms with Gasteiger partial charge >= 0.3 is 0 Å². The van der Waals surface area contributed by atoms with E-state index in [0.717, 1.165) is 16.8 Å². The Bertz CT molecular complexity index is 1300. The number of ketones is 1. The number of para-hydroxylation sites is 2. The summed E-state index contributed by atoms with van der Waals surface area (Å²) in [6.07, 6.45) is 10.3. The van der Waals surface area contributed by atoms with Gasteiger partial charge in [-0.3, -0.25) is 4.79 Å². The predicted molar refractivity (Wildman–Crippen MR) is 123 cm³/mol. The molecule has 0 atom stereocenters. The summed E-state index contributed by atoms with van der Waals surface area (Å²) in [6.45, 7) is 0.0760. The van der Waals surface area contributed by atoms with Crippen LogP contribution in [0.1, 0.15) is 15.9 Å². The SMILES string of the molecule is C#CCOc1ccccc1C(=O)/C=C/c1cn(-c2ccccc2)nc1-c1ccc(F)cc1. The fourth-order valence-electron chi connectivity index (χ4n) is 3.23. The Labute approximate surface area is 185 Å². The van der Waals surface area contributed by atoms with Crippen LogP contribution < -0.4 is 4.74 Å². The van der Waals surface area contributed by atoms with Crippen LogP contribution in [-0.4, -0.2) is 22.2 Å². The van der Waals surface area contributed by atoms with Gasteiger partial charge in [0.05, 0.1) is 16.9 Å². The van der Waals surface area contributed by atoms with Gasteiger partial charge in [-0.25, -0.2) is 9.07 Å². The van der Waals surface area contributed by atoms with Crippen molar-refractivity contribution in [1.82, 2.24) is 9.78 Å². The van der Waals surface area contributed by atoms with Gasteiger partial charge in [-0.05, 0) is 60.7 Å². The number of hydrogen-bond acceptors (Lipinski definition) is 3. The molecule has 4 nitrogen and oxygen atoms in total. The van der Waals surface area contributed by atoms with Gasteiger partial charge in [0.25, 0.3) is 0 Å². The highest BCUT2D eigenvalue weighted by molar-refractivity contribution is 6.08. The lowest BCUT2D eigenvalue weighted by Gasteiger charge is -2.06. The second-order valence-corrected chi connectivity index (χ2v) is 6.91. The van der Waals surface area contributed by atoms with Crippen molar-refractivity contribution >= 4 is 11.9 Å². The first kappa shape index (κ1) is 20.8. The van der Waals surface area contributed by atoms with Gasteiger partial charge < -0.3 is 4.74 Å². The number of allylic oxidation sites excluding steroid dienone is 1. The lowest BCUT2D eigenvalue weighted by Crippen LogP contribution is -2.02. The number of carbonyl (C=O) groups is 1. The topological polar surface area (TPSA) is 44.1 Å². The summed E-state index contributed by atoms with van der Waals surface area (Å²) in [4.78, 5) is 12.9. The number of carbonyl (C=O) groups excluding carboxylic acids is 1. The molecule has 1 aromatic heterocycles. The molecule has 3 aromatic carbocycles. The normalized spacial score (nSPS) is 10.8. The average Bonchev–Trinajstić information content (AvgIpc) is 3.27. The van der Waals surface area contributed by atoms with Crippen LogP contribution in [0.25, 0.3) is 23.0 Å². The minimum atomic E-state index is -0.327. The number of rotatable bonds is 7. The monoisotopic (exact) mass is 422 g/mol. The highest BCUT2D eigenvalue weighted by Gasteiger charge is 2.13. The number of aromatic nitrogens is 2. The number of nitrogens with zero attached hydrogens (tertiary/aromatic N) is 2. The van der Waals surface area contributed by atoms with Crippen LogP contribution >= 0.6 is 0 Å². The third-order valence-corrected chi connectivity index (χ3v) is 4.76. The molecule has 32 heavy (non-hydrogen) atoms. The number of halogens is 1. The number of terminal acetylenes is 1. The summed E-state index contributed by atoms with van der Waals surface area (Å²) in [5.74, 6) is 2.27. The standard InChI is InChI=1S/C27H19FN2O2/c1-2-18-32-26-11-7-6-10-24(26)25(31)17-14-21-19-30(23-8-4-3-5-9-23)29-27(21)20-12-15-22(28)16-13-20/h1,3-17,19H,18H2/b17-14+. The van der Waals surface area contributed by atoms with Gasteiger partial charge in [0, 0.05) is 17.3 Å². The number of hydrogen-bond donors (Lipinski definition) is 0. The Morgan fingerprint density at radius 3 is 2.50 bits per heavy atom. The van der Waals surface area contributed by atoms with Crippen molar-refractivity contribution in [3.05, 3.63) is 108 Å². The molecule has 0 N–H and O–H groups in total. The van der Waals surface area contributed by atoms with E-state index in [1.807, 2.05) is 36.5 Å². The Balaban J connectivity index is 1.70. The van der Waals surface area contributed by atoms with Crippen molar-refractivity contribution in [2.45, 2.75) is 0 Å². The van der Waals surface area contributed by atoms with E-state index >= 15 is 0 Å². The molecule has 5 heteroatoms. The van der Waals surface area contributed by atoms with Crippen molar-refractivity contribution in [3.63, 3.8) is 0 Å². The summed E-state index contributed by atoms with van der Waals surface area (Å²) in [6, 6.07) is 22.6. The molecule has 0 aliphatic heterocycles. The zero-order chi connectivity index (χ0) is 22.3. The third kappa shape index (κ3) is 4.66. The van der Waals surface area contributed by atoms with E-state index < -0.39 is 0 Å². The van der Waals surface area contributed by atoms with Crippen molar-refractivity contribution in [2.24, 2.45) is 0 Å². The van der Waals surface area contributed by atoms with E-state index in [9.17, 15) is 9.18 Å². The smallest absolute Gasteiger partial charge is 0.189 e. The zero-order valence-electron chi connectivity index (χ0n) is 17.1. The van der Waals surface area contributed by atoms with Crippen LogP contribution in [-0.2, 0) is 0 Å². The summed E-state index contributed by atoms with van der Waals surface area (Å²) >= 11 is 0. The highest BCUT2D eigenvalue weighted by atomic mass is 19.1. The molecule has 0 bridgehead atoms. The first-order chi connectivity index (χ1) is 15.7. The zero-order valence-corrected chi connectivity index (χ0v) is 17.1. The highest BCUT2D eigenvalue weighted by Crippen LogP contribution is 2.26. The Kier molecular flexibility index (Phi) is 6.24. The molecule has 0 saturated carbocycles. The molecule has 4 rings (SSSR count). The minimum Gasteiger partial charge on any atom is -0.480 e. The Morgan fingerprint density at radius 1 is 1.03 bits per heavy atom. The molecule has 1 heterocycles. The maximum atomic E-state index is 13.4. The molecule has 0 fully saturated rings. The number of benzene rings is 3. The summed E-state index contributed by atoms with van der Waals surface area (Å²) in [7, 11) is 0. The van der Waals surface area contributed by atoms with Gasteiger partial charge in [-0.2, -0.15) is 5.10 Å². The largest absolute Gasteiger partial charge is 0.480 e. The summed E-state index contributed by atoms with van der Waals surface area (Å²) in [5.41, 5.74) is 3.38. The molecule has 0 unspecified atom stereocenters. The molecule has 0 aliphatic carbocycles. The van der Waals surface area contributed by atoms with E-state index in [2.05, 4.69) is 11.0 Å². The van der Waals surface area contributed by atoms with E-state index in [4.69, 9.17) is 11.2 Å². The van der Waals surface area contributed by atoms with E-state index in [-0.39, 0.29) is 18.2 Å². The molecule has 0 saturated heterocycles. The molecule has 0 aliphatic rings. The summed E-state index contributed by atoms with van der Waals surface area (Å²) < 4.78 is 20.6. The molecular formula is C27H19FN2O2. The first-order valence-corrected chi connectivity index (χ1v) is 9.94. The summed E-state index contributed by atoms with van der Waals surface area (Å²) in [5, 5.41) is 4.67. The molecule has 156 valence electrons. The van der Waals surface area contributed by atoms with E-state index in [0.29, 0.717) is 17.0 Å². The second-order valence-electron chi connectivity index (χ2n) is 6.91. The average molecular weight is 422 g/mol. The van der Waals surface area contributed by atoms with Gasteiger partial charge in [-0.1, -0.05) is 36.3 Å². The fraction of sp³-hybridized carbons (Fsp3) is 0.0370. The molecular weight excluding hydrogens is 403 g/mol. The van der Waals surface area contributed by atoms with Gasteiger partial charge in [0.1, 0.15) is 18.2 Å². The quantitative estimate of drug-likeness (QED) is 0.222. The van der Waals surface area contributed by atoms with Crippen LogP contribution in [0, 0.1) is 18.2 Å². The predicted octanol–water partition coefficient (Wildman–Crippen LogP) is 5.59. The van der Waals surface area contributed by atoms with Gasteiger partial charge in [-0.15, -0.1) is 6.42 Å². The maximum Gasteiger partial charge on any atom is 0.189 e. The van der Waals surface area contributed by atoms with Gasteiger partial charge in [0.15, 0.2) is 5.78 Å². The Hall–Kier alpha value is -4.43. The molecule has 0 radical (unpaired) electrons. The van der Waals surface area contributed by atoms with Crippen LogP contribution in [0.4, 0.5) is 4.39 Å². The van der Waals surface area contributed by atoms with Gasteiger partial charge in [0.2, 0.25) is 0 Å². The number of ether oxygens (including phenoxy) is 1. The fourth-order valence-corrected chi connectivity index (χ4v) is 3.23. The third-order valence-electron chi connectivity index (χ3n) is 4.76. The van der Waals surface area contributed by atoms with Crippen LogP contribution in [0.3, 0.4) is 0 Å². The van der Waals surface area contributed by atoms with Crippen molar-refractivity contribution in [2.75, 3.05) is 6.61 Å². The lowest BCUT2D eigenvalue weighted by atomic mass is 10.1. The minimum absolute atomic E-state index is 0.0760. The molecule has 0 amide bonds. The second kappa shape index (κ2) is 9.59. The van der Waals surface area contributed by atoms with Crippen molar-refractivity contribution in [1.29, 1.82) is 0 Å². The van der Waals surface area contributed by atoms with E-state index in [1.165, 1.54) is 18.2 Å². The molecule has 0 spiro atoms. The molecule has 4 aromatic rings. The maximum absolute atomic E-state index is 13.4. The van der Waals surface area contributed by atoms with Crippen LogP contribution in [0.15, 0.2) is 91.1 Å². The van der Waals surface area contributed by atoms with Crippen molar-refractivity contribution < 1.29 is 13.9 Å². The lowest BCUT2D eigenvalue weighted by molar-refractivity contribution is 0.104. The Morgan fingerprint density at radius 2 is 1.75 bits per heavy atom. The van der Waals surface area contributed by atoms with Crippen LogP contribution in [0.2, 0.25) is 0 Å². The van der Waals surface area contributed by atoms with Crippen molar-refractivity contribution in [3.8, 4) is 35.0 Å². The van der Waals surface area contributed by atoms with Crippen LogP contribution in [0.5, 0.6) is 5.75 Å². The first-order valence-electron chi connectivity index (χ1n) is 9.94. The van der Waals surface area contributed by atoms with E-state index in [1.54, 1.807) is 47.2 Å².